The minimum atomic E-state index is -3.87. The minimum Gasteiger partial charge on any atom is -0.354 e. The molecule has 9 heteroatoms. The lowest BCUT2D eigenvalue weighted by Gasteiger charge is -2.33. The molecule has 0 spiro atoms. The van der Waals surface area contributed by atoms with Crippen molar-refractivity contribution in [3.05, 3.63) is 242 Å². The fourth-order valence-corrected chi connectivity index (χ4v) is 14.2. The van der Waals surface area contributed by atoms with Crippen LogP contribution in [0.15, 0.2) is 231 Å². The van der Waals surface area contributed by atoms with Crippen molar-refractivity contribution in [3.63, 3.8) is 0 Å². The average Bonchev–Trinajstić information content (AvgIpc) is 3.86. The first-order chi connectivity index (χ1) is 31.6. The van der Waals surface area contributed by atoms with Crippen LogP contribution >= 0.6 is 15.4 Å². The third kappa shape index (κ3) is 6.08. The van der Waals surface area contributed by atoms with Crippen molar-refractivity contribution in [1.82, 2.24) is 4.57 Å². The van der Waals surface area contributed by atoms with Crippen molar-refractivity contribution in [2.24, 2.45) is 0 Å². The van der Waals surface area contributed by atoms with Gasteiger partial charge in [-0.05, 0) is 94.6 Å². The zero-order valence-corrected chi connectivity index (χ0v) is 36.3. The largest absolute Gasteiger partial charge is 0.507 e. The molecule has 0 saturated heterocycles. The second-order valence-corrected chi connectivity index (χ2v) is 20.0. The Morgan fingerprint density at radius 2 is 1.06 bits per heavy atom. The number of rotatable bonds is 10. The third-order valence-electron chi connectivity index (χ3n) is 12.3. The zero-order valence-electron chi connectivity index (χ0n) is 34.5. The highest BCUT2D eigenvalue weighted by atomic mass is 31.2. The van der Waals surface area contributed by atoms with Gasteiger partial charge in [-0.25, -0.2) is 0 Å². The summed E-state index contributed by atoms with van der Waals surface area (Å²) in [7, 11) is -6.30. The molecule has 12 rings (SSSR count). The molecule has 2 atom stereocenters. The molecule has 2 unspecified atom stereocenters. The maximum atomic E-state index is 17.4. The van der Waals surface area contributed by atoms with Crippen LogP contribution < -0.4 is 29.9 Å². The van der Waals surface area contributed by atoms with Crippen molar-refractivity contribution < 1.29 is 9.13 Å². The second-order valence-electron chi connectivity index (χ2n) is 16.1. The predicted molar refractivity (Wildman–Crippen MR) is 266 cm³/mol. The molecule has 0 radical (unpaired) electrons. The number of hydrogen-bond donors (Lipinski definition) is 1. The normalized spacial score (nSPS) is 15.5. The van der Waals surface area contributed by atoms with Gasteiger partial charge in [0.25, 0.3) is 7.44 Å². The quantitative estimate of drug-likeness (QED) is 0.138. The van der Waals surface area contributed by atoms with Crippen LogP contribution in [0.4, 0.5) is 39.8 Å². The first-order valence-corrected chi connectivity index (χ1v) is 24.2. The van der Waals surface area contributed by atoms with Gasteiger partial charge in [0, 0.05) is 34.3 Å². The van der Waals surface area contributed by atoms with Crippen molar-refractivity contribution in [3.8, 4) is 5.69 Å². The van der Waals surface area contributed by atoms with E-state index >= 15 is 9.13 Å². The molecule has 0 bridgehead atoms. The van der Waals surface area contributed by atoms with E-state index in [4.69, 9.17) is 0 Å². The van der Waals surface area contributed by atoms with Crippen LogP contribution in [0.1, 0.15) is 17.2 Å². The molecule has 306 valence electrons. The van der Waals surface area contributed by atoms with E-state index in [-0.39, 0.29) is 6.04 Å². The SMILES string of the molecule is O=[P+](c1cc(-n2c3ccccc3c3ccccc32)cc(P2(=O)N(c3ccccc3)c3ccccc3N2C2c3ccccc32)c1)N(c1ccccc1)c1ccccc1Nc1ccccc1. The van der Waals surface area contributed by atoms with Crippen LogP contribution in [0.5, 0.6) is 0 Å². The van der Waals surface area contributed by atoms with Crippen LogP contribution in [-0.2, 0) is 9.13 Å². The van der Waals surface area contributed by atoms with Crippen molar-refractivity contribution >= 4 is 87.6 Å². The Kier molecular flexibility index (Phi) is 9.08. The van der Waals surface area contributed by atoms with E-state index in [9.17, 15) is 0 Å². The van der Waals surface area contributed by atoms with Crippen molar-refractivity contribution in [2.45, 2.75) is 6.04 Å². The van der Waals surface area contributed by atoms with Gasteiger partial charge in [0.15, 0.2) is 0 Å². The van der Waals surface area contributed by atoms with Crippen LogP contribution in [-0.4, -0.2) is 4.57 Å². The van der Waals surface area contributed by atoms with Gasteiger partial charge in [0.05, 0.1) is 50.8 Å². The van der Waals surface area contributed by atoms with Crippen molar-refractivity contribution in [2.75, 3.05) is 19.3 Å². The molecule has 0 fully saturated rings. The summed E-state index contributed by atoms with van der Waals surface area (Å²) in [6.07, 6.45) is 0. The number of fused-ring (bicyclic) bond motifs is 5. The molecule has 0 saturated carbocycles. The summed E-state index contributed by atoms with van der Waals surface area (Å²) in [6.45, 7) is 0. The molecule has 1 aromatic heterocycles. The molecular formula is C55H40N5O2P2+. The lowest BCUT2D eigenvalue weighted by Crippen LogP contribution is -2.31. The molecular weight excluding hydrogens is 825 g/mol. The average molecular weight is 865 g/mol. The van der Waals surface area contributed by atoms with E-state index in [0.29, 0.717) is 10.6 Å². The Morgan fingerprint density at radius 1 is 0.516 bits per heavy atom. The van der Waals surface area contributed by atoms with E-state index in [1.165, 1.54) is 0 Å². The van der Waals surface area contributed by atoms with E-state index < -0.39 is 15.4 Å². The molecule has 1 aliphatic heterocycles. The van der Waals surface area contributed by atoms with Gasteiger partial charge in [-0.2, -0.15) is 0 Å². The summed E-state index contributed by atoms with van der Waals surface area (Å²) >= 11 is 0. The van der Waals surface area contributed by atoms with Gasteiger partial charge < -0.3 is 9.88 Å². The third-order valence-corrected chi connectivity index (χ3v) is 16.8. The van der Waals surface area contributed by atoms with Crippen LogP contribution in [0.2, 0.25) is 0 Å². The van der Waals surface area contributed by atoms with Crippen molar-refractivity contribution in [1.29, 1.82) is 0 Å². The molecule has 64 heavy (non-hydrogen) atoms. The highest BCUT2D eigenvalue weighted by Gasteiger charge is 2.56. The summed E-state index contributed by atoms with van der Waals surface area (Å²) in [5.74, 6) is 0. The van der Waals surface area contributed by atoms with E-state index in [0.717, 1.165) is 78.4 Å². The Hall–Kier alpha value is -7.69. The fraction of sp³-hybridized carbons (Fsp3) is 0.0182. The summed E-state index contributed by atoms with van der Waals surface area (Å²) in [5.41, 5.74) is 10.8. The van der Waals surface area contributed by atoms with Gasteiger partial charge in [-0.15, -0.1) is 4.67 Å². The molecule has 0 amide bonds. The topological polar surface area (TPSA) is 60.8 Å². The molecule has 7 nitrogen and oxygen atoms in total. The fourth-order valence-electron chi connectivity index (χ4n) is 9.48. The summed E-state index contributed by atoms with van der Waals surface area (Å²) in [4.78, 5) is 0. The lowest BCUT2D eigenvalue weighted by molar-refractivity contribution is 0.579. The van der Waals surface area contributed by atoms with Crippen LogP contribution in [0, 0.1) is 0 Å². The Balaban J connectivity index is 1.14. The smallest absolute Gasteiger partial charge is 0.354 e. The van der Waals surface area contributed by atoms with Gasteiger partial charge in [0.1, 0.15) is 5.69 Å². The van der Waals surface area contributed by atoms with E-state index in [2.05, 4.69) is 106 Å². The summed E-state index contributed by atoms with van der Waals surface area (Å²) in [5, 5.41) is 6.91. The lowest BCUT2D eigenvalue weighted by atomic mass is 10.2. The second kappa shape index (κ2) is 15.3. The zero-order chi connectivity index (χ0) is 42.8. The number of benzene rings is 9. The van der Waals surface area contributed by atoms with Gasteiger partial charge >= 0.3 is 7.95 Å². The Bertz CT molecular complexity index is 3390. The number of hydrogen-bond acceptors (Lipinski definition) is 3. The number of nitrogens with one attached hydrogen (secondary N) is 1. The van der Waals surface area contributed by atoms with Gasteiger partial charge in [0.2, 0.25) is 5.30 Å². The van der Waals surface area contributed by atoms with Gasteiger partial charge in [-0.3, -0.25) is 13.9 Å². The minimum absolute atomic E-state index is 0.207. The Labute approximate surface area is 372 Å². The summed E-state index contributed by atoms with van der Waals surface area (Å²) < 4.78 is 41.9. The van der Waals surface area contributed by atoms with Gasteiger partial charge in [-0.1, -0.05) is 140 Å². The number of nitrogens with zero attached hydrogens (tertiary/aromatic N) is 4. The van der Waals surface area contributed by atoms with E-state index in [1.54, 1.807) is 0 Å². The number of para-hydroxylation sites is 9. The maximum absolute atomic E-state index is 17.4. The van der Waals surface area contributed by atoms with Crippen LogP contribution in [0.3, 0.4) is 0 Å². The number of aromatic nitrogens is 1. The monoisotopic (exact) mass is 864 g/mol. The molecule has 10 aromatic rings. The summed E-state index contributed by atoms with van der Waals surface area (Å²) in [6, 6.07) is 77.0. The first-order valence-electron chi connectivity index (χ1n) is 21.4. The molecule has 2 heterocycles. The predicted octanol–water partition coefficient (Wildman–Crippen LogP) is 14.3. The standard InChI is InChI=1S/C55H40N5O2P2/c61-63(58(40-22-6-2-7-23-40)52-33-17-14-30-49(52)56-39-20-4-1-5-21-39)43-36-42(57-50-31-15-12-26-45(50)46-27-13-16-32-51(46)57)37-44(38-43)64(62)59(41-24-8-3-9-25-41)53-34-18-19-35-54(53)60(64)55-47-28-10-11-29-48(47)55/h1-38,55-56H/q+1. The molecule has 9 aromatic carbocycles. The first kappa shape index (κ1) is 38.0. The number of anilines is 7. The Morgan fingerprint density at radius 3 is 1.75 bits per heavy atom. The molecule has 1 N–H and O–H groups in total. The van der Waals surface area contributed by atoms with E-state index in [1.807, 2.05) is 149 Å². The molecule has 1 aliphatic carbocycles. The molecule has 2 aliphatic rings. The van der Waals surface area contributed by atoms with Crippen LogP contribution in [0.25, 0.3) is 27.5 Å². The maximum Gasteiger partial charge on any atom is 0.507 e. The highest BCUT2D eigenvalue weighted by Crippen LogP contribution is 2.73. The highest BCUT2D eigenvalue weighted by molar-refractivity contribution is 7.75.